The van der Waals surface area contributed by atoms with Crippen molar-refractivity contribution >= 4 is 0 Å². The van der Waals surface area contributed by atoms with Crippen molar-refractivity contribution in [1.29, 1.82) is 0 Å². The van der Waals surface area contributed by atoms with Crippen LogP contribution < -0.4 is 5.73 Å². The first-order valence-electron chi connectivity index (χ1n) is 8.12. The molecule has 2 N–H and O–H groups in total. The summed E-state index contributed by atoms with van der Waals surface area (Å²) in [6.07, 6.45) is 8.97. The second kappa shape index (κ2) is 11.7. The van der Waals surface area contributed by atoms with Crippen LogP contribution in [0, 0.1) is 5.92 Å². The summed E-state index contributed by atoms with van der Waals surface area (Å²) in [4.78, 5) is 0. The maximum absolute atomic E-state index is 5.92. The highest BCUT2D eigenvalue weighted by molar-refractivity contribution is 4.76. The third kappa shape index (κ3) is 7.91. The van der Waals surface area contributed by atoms with Gasteiger partial charge in [0.05, 0.1) is 0 Å². The first-order valence-corrected chi connectivity index (χ1v) is 8.12. The standard InChI is InChI=1S/C16H35NO2/c1-5-8-9-10-11-12-13-15(14-17)16(4,18-6-2)19-7-3/h15H,5-14,17H2,1-4H3. The lowest BCUT2D eigenvalue weighted by atomic mass is 9.92. The highest BCUT2D eigenvalue weighted by Crippen LogP contribution is 2.28. The van der Waals surface area contributed by atoms with Gasteiger partial charge in [0, 0.05) is 25.7 Å². The molecule has 0 spiro atoms. The molecule has 19 heavy (non-hydrogen) atoms. The zero-order valence-corrected chi connectivity index (χ0v) is 13.5. The molecule has 0 aromatic rings. The Bertz CT molecular complexity index is 191. The summed E-state index contributed by atoms with van der Waals surface area (Å²) in [5.41, 5.74) is 5.92. The maximum atomic E-state index is 5.92. The number of ether oxygens (including phenoxy) is 2. The molecule has 0 radical (unpaired) electrons. The number of unbranched alkanes of at least 4 members (excludes halogenated alkanes) is 5. The third-order valence-electron chi connectivity index (χ3n) is 3.79. The average Bonchev–Trinajstić information content (AvgIpc) is 2.38. The number of hydrogen-bond donors (Lipinski definition) is 1. The molecule has 0 amide bonds. The normalized spacial score (nSPS) is 13.7. The van der Waals surface area contributed by atoms with E-state index in [0.29, 0.717) is 25.7 Å². The molecule has 1 atom stereocenters. The van der Waals surface area contributed by atoms with Crippen molar-refractivity contribution in [3.8, 4) is 0 Å². The number of hydrogen-bond acceptors (Lipinski definition) is 3. The smallest absolute Gasteiger partial charge is 0.169 e. The Morgan fingerprint density at radius 3 is 1.89 bits per heavy atom. The largest absolute Gasteiger partial charge is 0.350 e. The highest BCUT2D eigenvalue weighted by atomic mass is 16.7. The quantitative estimate of drug-likeness (QED) is 0.406. The van der Waals surface area contributed by atoms with Crippen LogP contribution in [0.4, 0.5) is 0 Å². The van der Waals surface area contributed by atoms with Gasteiger partial charge in [-0.05, 0) is 27.2 Å². The summed E-state index contributed by atoms with van der Waals surface area (Å²) < 4.78 is 11.6. The minimum atomic E-state index is -0.512. The Morgan fingerprint density at radius 1 is 0.895 bits per heavy atom. The summed E-state index contributed by atoms with van der Waals surface area (Å²) in [6, 6.07) is 0. The minimum Gasteiger partial charge on any atom is -0.350 e. The lowest BCUT2D eigenvalue weighted by molar-refractivity contribution is -0.251. The van der Waals surface area contributed by atoms with Crippen LogP contribution >= 0.6 is 0 Å². The van der Waals surface area contributed by atoms with Gasteiger partial charge in [-0.1, -0.05) is 45.4 Å². The van der Waals surface area contributed by atoms with E-state index in [1.807, 2.05) is 20.8 Å². The molecule has 0 aliphatic carbocycles. The third-order valence-corrected chi connectivity index (χ3v) is 3.79. The van der Waals surface area contributed by atoms with Gasteiger partial charge in [0.1, 0.15) is 0 Å². The van der Waals surface area contributed by atoms with E-state index in [-0.39, 0.29) is 0 Å². The van der Waals surface area contributed by atoms with Gasteiger partial charge >= 0.3 is 0 Å². The van der Waals surface area contributed by atoms with Crippen LogP contribution in [0.15, 0.2) is 0 Å². The van der Waals surface area contributed by atoms with Crippen LogP contribution in [0.25, 0.3) is 0 Å². The van der Waals surface area contributed by atoms with Crippen LogP contribution in [0.3, 0.4) is 0 Å². The molecule has 0 heterocycles. The van der Waals surface area contributed by atoms with Crippen molar-refractivity contribution in [2.24, 2.45) is 11.7 Å². The van der Waals surface area contributed by atoms with E-state index in [2.05, 4.69) is 6.92 Å². The van der Waals surface area contributed by atoms with Crippen molar-refractivity contribution in [3.05, 3.63) is 0 Å². The SMILES string of the molecule is CCCCCCCCC(CN)C(C)(OCC)OCC. The van der Waals surface area contributed by atoms with Gasteiger partial charge in [-0.2, -0.15) is 0 Å². The van der Waals surface area contributed by atoms with Crippen LogP contribution in [-0.4, -0.2) is 25.5 Å². The zero-order chi connectivity index (χ0) is 14.6. The van der Waals surface area contributed by atoms with Gasteiger partial charge in [0.25, 0.3) is 0 Å². The summed E-state index contributed by atoms with van der Waals surface area (Å²) in [7, 11) is 0. The van der Waals surface area contributed by atoms with Crippen molar-refractivity contribution in [3.63, 3.8) is 0 Å². The summed E-state index contributed by atoms with van der Waals surface area (Å²) >= 11 is 0. The first-order chi connectivity index (χ1) is 9.14. The topological polar surface area (TPSA) is 44.5 Å². The molecule has 116 valence electrons. The number of rotatable bonds is 13. The van der Waals surface area contributed by atoms with Gasteiger partial charge in [0.15, 0.2) is 5.79 Å². The molecule has 0 saturated carbocycles. The molecule has 0 bridgehead atoms. The zero-order valence-electron chi connectivity index (χ0n) is 13.5. The summed E-state index contributed by atoms with van der Waals surface area (Å²) in [5, 5.41) is 0. The molecule has 0 fully saturated rings. The van der Waals surface area contributed by atoms with E-state index in [0.717, 1.165) is 6.42 Å². The van der Waals surface area contributed by atoms with E-state index in [4.69, 9.17) is 15.2 Å². The van der Waals surface area contributed by atoms with Gasteiger partial charge in [-0.25, -0.2) is 0 Å². The highest BCUT2D eigenvalue weighted by Gasteiger charge is 2.34. The van der Waals surface area contributed by atoms with Crippen LogP contribution in [0.1, 0.15) is 72.6 Å². The summed E-state index contributed by atoms with van der Waals surface area (Å²) in [5.74, 6) is -0.222. The molecule has 0 saturated heterocycles. The van der Waals surface area contributed by atoms with Gasteiger partial charge < -0.3 is 15.2 Å². The minimum absolute atomic E-state index is 0.290. The van der Waals surface area contributed by atoms with E-state index in [1.165, 1.54) is 38.5 Å². The molecule has 0 aliphatic rings. The second-order valence-corrected chi connectivity index (χ2v) is 5.37. The van der Waals surface area contributed by atoms with Gasteiger partial charge in [-0.3, -0.25) is 0 Å². The molecule has 0 aromatic carbocycles. The maximum Gasteiger partial charge on any atom is 0.169 e. The van der Waals surface area contributed by atoms with Crippen LogP contribution in [0.5, 0.6) is 0 Å². The molecule has 3 nitrogen and oxygen atoms in total. The van der Waals surface area contributed by atoms with E-state index in [1.54, 1.807) is 0 Å². The van der Waals surface area contributed by atoms with E-state index < -0.39 is 5.79 Å². The van der Waals surface area contributed by atoms with Crippen molar-refractivity contribution in [1.82, 2.24) is 0 Å². The monoisotopic (exact) mass is 273 g/mol. The number of nitrogens with two attached hydrogens (primary N) is 1. The molecular formula is C16H35NO2. The first kappa shape index (κ1) is 18.9. The predicted octanol–water partition coefficient (Wildman–Crippen LogP) is 4.10. The Kier molecular flexibility index (Phi) is 11.6. The van der Waals surface area contributed by atoms with Gasteiger partial charge in [0.2, 0.25) is 0 Å². The molecular weight excluding hydrogens is 238 g/mol. The molecule has 3 heteroatoms. The van der Waals surface area contributed by atoms with Crippen molar-refractivity contribution in [2.75, 3.05) is 19.8 Å². The lowest BCUT2D eigenvalue weighted by Crippen LogP contribution is -2.44. The molecule has 0 aliphatic heterocycles. The molecule has 0 rings (SSSR count). The van der Waals surface area contributed by atoms with Crippen LogP contribution in [0.2, 0.25) is 0 Å². The fraction of sp³-hybridized carbons (Fsp3) is 1.00. The van der Waals surface area contributed by atoms with E-state index in [9.17, 15) is 0 Å². The fourth-order valence-corrected chi connectivity index (χ4v) is 2.62. The Balaban J connectivity index is 4.07. The average molecular weight is 273 g/mol. The van der Waals surface area contributed by atoms with E-state index >= 15 is 0 Å². The predicted molar refractivity (Wildman–Crippen MR) is 82.2 cm³/mol. The second-order valence-electron chi connectivity index (χ2n) is 5.37. The Morgan fingerprint density at radius 2 is 1.42 bits per heavy atom. The Hall–Kier alpha value is -0.120. The summed E-state index contributed by atoms with van der Waals surface area (Å²) in [6.45, 7) is 10.3. The molecule has 1 unspecified atom stereocenters. The van der Waals surface area contributed by atoms with Gasteiger partial charge in [-0.15, -0.1) is 0 Å². The lowest BCUT2D eigenvalue weighted by Gasteiger charge is -2.36. The van der Waals surface area contributed by atoms with Crippen molar-refractivity contribution < 1.29 is 9.47 Å². The fourth-order valence-electron chi connectivity index (χ4n) is 2.62. The van der Waals surface area contributed by atoms with Crippen LogP contribution in [-0.2, 0) is 9.47 Å². The molecule has 0 aromatic heterocycles. The Labute approximate surface area is 120 Å². The van der Waals surface area contributed by atoms with Crippen molar-refractivity contribution in [2.45, 2.75) is 78.4 Å².